The lowest BCUT2D eigenvalue weighted by Gasteiger charge is -2.29. The van der Waals surface area contributed by atoms with Crippen LogP contribution in [0.3, 0.4) is 0 Å². The predicted octanol–water partition coefficient (Wildman–Crippen LogP) is 4.06. The van der Waals surface area contributed by atoms with Crippen molar-refractivity contribution < 1.29 is 23.0 Å². The van der Waals surface area contributed by atoms with E-state index in [1.807, 2.05) is 19.1 Å². The highest BCUT2D eigenvalue weighted by atomic mass is 19.3. The van der Waals surface area contributed by atoms with Gasteiger partial charge in [-0.05, 0) is 42.8 Å². The van der Waals surface area contributed by atoms with Gasteiger partial charge >= 0.3 is 0 Å². The first-order chi connectivity index (χ1) is 16.3. The number of nitrogens with one attached hydrogen (secondary N) is 1. The Morgan fingerprint density at radius 1 is 1.15 bits per heavy atom. The molecule has 1 amide bonds. The summed E-state index contributed by atoms with van der Waals surface area (Å²) in [7, 11) is 1.54. The average Bonchev–Trinajstić information content (AvgIpc) is 2.84. The van der Waals surface area contributed by atoms with Crippen molar-refractivity contribution in [1.29, 1.82) is 0 Å². The van der Waals surface area contributed by atoms with E-state index >= 15 is 0 Å². The highest BCUT2D eigenvalue weighted by Crippen LogP contribution is 2.32. The predicted molar refractivity (Wildman–Crippen MR) is 124 cm³/mol. The molecule has 0 spiro atoms. The van der Waals surface area contributed by atoms with E-state index in [-0.39, 0.29) is 5.69 Å². The molecule has 1 N–H and O–H groups in total. The highest BCUT2D eigenvalue weighted by molar-refractivity contribution is 6.05. The van der Waals surface area contributed by atoms with Crippen molar-refractivity contribution in [2.24, 2.45) is 0 Å². The Kier molecular flexibility index (Phi) is 6.69. The zero-order chi connectivity index (χ0) is 24.3. The lowest BCUT2D eigenvalue weighted by molar-refractivity contribution is 0.0128. The molecule has 8 nitrogen and oxygen atoms in total. The Morgan fingerprint density at radius 2 is 1.91 bits per heavy atom. The van der Waals surface area contributed by atoms with Crippen LogP contribution < -0.4 is 15.0 Å². The number of nitrogens with zero attached hydrogens (tertiary/aromatic N) is 4. The Bertz CT molecular complexity index is 1190. The number of aromatic nitrogens is 3. The summed E-state index contributed by atoms with van der Waals surface area (Å²) in [5, 5.41) is 11.2. The van der Waals surface area contributed by atoms with Gasteiger partial charge in [0.15, 0.2) is 0 Å². The SMILES string of the molecule is COc1nnc(-c2cc(C(=O)Nc3ccnc(C(C)(F)F)c3)ccc2C)cc1N1CCOCC1. The molecular weight excluding hydrogens is 444 g/mol. The molecule has 34 heavy (non-hydrogen) atoms. The number of rotatable bonds is 6. The van der Waals surface area contributed by atoms with Crippen LogP contribution in [0, 0.1) is 6.92 Å². The third kappa shape index (κ3) is 5.12. The van der Waals surface area contributed by atoms with Gasteiger partial charge in [0, 0.05) is 43.0 Å². The molecular formula is C24H25F2N5O3. The topological polar surface area (TPSA) is 89.5 Å². The number of methoxy groups -OCH3 is 1. The zero-order valence-corrected chi connectivity index (χ0v) is 19.1. The fourth-order valence-electron chi connectivity index (χ4n) is 3.67. The van der Waals surface area contributed by atoms with Crippen molar-refractivity contribution >= 4 is 17.3 Å². The summed E-state index contributed by atoms with van der Waals surface area (Å²) < 4.78 is 38.0. The molecule has 0 atom stereocenters. The number of hydrogen-bond acceptors (Lipinski definition) is 7. The van der Waals surface area contributed by atoms with Crippen molar-refractivity contribution in [3.8, 4) is 17.1 Å². The van der Waals surface area contributed by atoms with Crippen LogP contribution >= 0.6 is 0 Å². The van der Waals surface area contributed by atoms with Crippen molar-refractivity contribution in [3.63, 3.8) is 0 Å². The number of carbonyl (C=O) groups is 1. The van der Waals surface area contributed by atoms with Gasteiger partial charge in [-0.25, -0.2) is 0 Å². The van der Waals surface area contributed by atoms with E-state index in [1.165, 1.54) is 12.3 Å². The monoisotopic (exact) mass is 469 g/mol. The summed E-state index contributed by atoms with van der Waals surface area (Å²) in [5.74, 6) is -3.13. The molecule has 1 aliphatic heterocycles. The Morgan fingerprint density at radius 3 is 2.62 bits per heavy atom. The summed E-state index contributed by atoms with van der Waals surface area (Å²) in [5.41, 5.74) is 3.19. The van der Waals surface area contributed by atoms with E-state index in [1.54, 1.807) is 19.2 Å². The van der Waals surface area contributed by atoms with Gasteiger partial charge in [-0.3, -0.25) is 9.78 Å². The van der Waals surface area contributed by atoms with Crippen LogP contribution in [0.25, 0.3) is 11.3 Å². The number of ether oxygens (including phenoxy) is 2. The largest absolute Gasteiger partial charge is 0.478 e. The second kappa shape index (κ2) is 9.68. The maximum Gasteiger partial charge on any atom is 0.287 e. The number of alkyl halides is 2. The van der Waals surface area contributed by atoms with Gasteiger partial charge in [-0.15, -0.1) is 10.2 Å². The zero-order valence-electron chi connectivity index (χ0n) is 19.1. The molecule has 0 unspecified atom stereocenters. The van der Waals surface area contributed by atoms with Crippen molar-refractivity contribution in [2.45, 2.75) is 19.8 Å². The molecule has 1 fully saturated rings. The lowest BCUT2D eigenvalue weighted by atomic mass is 10.0. The van der Waals surface area contributed by atoms with Gasteiger partial charge in [0.05, 0.1) is 26.0 Å². The molecule has 1 aliphatic rings. The number of benzene rings is 1. The molecule has 0 bridgehead atoms. The standard InChI is InChI=1S/C24H25F2N5O3/c1-15-4-5-16(22(32)28-17-6-7-27-21(13-17)24(2,25)26)12-18(15)19-14-20(23(33-3)30-29-19)31-8-10-34-11-9-31/h4-7,12-14H,8-11H2,1-3H3,(H,27,28,32). The minimum absolute atomic E-state index is 0.234. The number of morpholine rings is 1. The molecule has 0 radical (unpaired) electrons. The second-order valence-corrected chi connectivity index (χ2v) is 8.03. The van der Waals surface area contributed by atoms with Gasteiger partial charge in [0.1, 0.15) is 11.4 Å². The van der Waals surface area contributed by atoms with Crippen LogP contribution in [0.1, 0.15) is 28.5 Å². The van der Waals surface area contributed by atoms with Crippen LogP contribution in [-0.4, -0.2) is 54.5 Å². The molecule has 1 aromatic carbocycles. The minimum Gasteiger partial charge on any atom is -0.478 e. The quantitative estimate of drug-likeness (QED) is 0.582. The number of anilines is 2. The van der Waals surface area contributed by atoms with E-state index in [9.17, 15) is 13.6 Å². The highest BCUT2D eigenvalue weighted by Gasteiger charge is 2.26. The van der Waals surface area contributed by atoms with Crippen molar-refractivity contribution in [1.82, 2.24) is 15.2 Å². The maximum absolute atomic E-state index is 13.6. The van der Waals surface area contributed by atoms with Crippen molar-refractivity contribution in [3.05, 3.63) is 59.4 Å². The number of pyridine rings is 1. The van der Waals surface area contributed by atoms with Gasteiger partial charge in [-0.2, -0.15) is 8.78 Å². The van der Waals surface area contributed by atoms with Crippen LogP contribution in [0.15, 0.2) is 42.6 Å². The van der Waals surface area contributed by atoms with Crippen LogP contribution in [0.2, 0.25) is 0 Å². The summed E-state index contributed by atoms with van der Waals surface area (Å²) in [4.78, 5) is 18.7. The molecule has 1 saturated heterocycles. The molecule has 3 aromatic rings. The van der Waals surface area contributed by atoms with Gasteiger partial charge in [0.25, 0.3) is 17.7 Å². The van der Waals surface area contributed by atoms with Gasteiger partial charge < -0.3 is 19.7 Å². The van der Waals surface area contributed by atoms with E-state index in [4.69, 9.17) is 9.47 Å². The summed E-state index contributed by atoms with van der Waals surface area (Å²) in [6.45, 7) is 5.29. The average molecular weight is 469 g/mol. The summed E-state index contributed by atoms with van der Waals surface area (Å²) >= 11 is 0. The first-order valence-electron chi connectivity index (χ1n) is 10.8. The first-order valence-corrected chi connectivity index (χ1v) is 10.8. The number of halogens is 2. The van der Waals surface area contributed by atoms with E-state index in [0.29, 0.717) is 43.4 Å². The molecule has 2 aromatic heterocycles. The van der Waals surface area contributed by atoms with Crippen LogP contribution in [0.5, 0.6) is 5.88 Å². The summed E-state index contributed by atoms with van der Waals surface area (Å²) in [6, 6.07) is 9.70. The molecule has 10 heteroatoms. The third-order valence-electron chi connectivity index (χ3n) is 5.53. The molecule has 3 heterocycles. The third-order valence-corrected chi connectivity index (χ3v) is 5.53. The first kappa shape index (κ1) is 23.5. The number of amides is 1. The van der Waals surface area contributed by atoms with Gasteiger partial charge in [-0.1, -0.05) is 6.07 Å². The normalized spacial score (nSPS) is 14.1. The summed E-state index contributed by atoms with van der Waals surface area (Å²) in [6.07, 6.45) is 1.24. The fourth-order valence-corrected chi connectivity index (χ4v) is 3.67. The van der Waals surface area contributed by atoms with Gasteiger partial charge in [0.2, 0.25) is 0 Å². The number of aryl methyl sites for hydroxylation is 1. The minimum atomic E-state index is -3.11. The number of carbonyl (C=O) groups excluding carboxylic acids is 1. The number of hydrogen-bond donors (Lipinski definition) is 1. The second-order valence-electron chi connectivity index (χ2n) is 8.03. The molecule has 0 saturated carbocycles. The maximum atomic E-state index is 13.6. The fraction of sp³-hybridized carbons (Fsp3) is 0.333. The Labute approximate surface area is 195 Å². The van der Waals surface area contributed by atoms with Crippen LogP contribution in [-0.2, 0) is 10.7 Å². The molecule has 0 aliphatic carbocycles. The lowest BCUT2D eigenvalue weighted by Crippen LogP contribution is -2.36. The Balaban J connectivity index is 1.63. The van der Waals surface area contributed by atoms with Crippen molar-refractivity contribution in [2.75, 3.05) is 43.6 Å². The van der Waals surface area contributed by atoms with Crippen LogP contribution in [0.4, 0.5) is 20.2 Å². The smallest absolute Gasteiger partial charge is 0.287 e. The molecule has 178 valence electrons. The van der Waals surface area contributed by atoms with E-state index in [2.05, 4.69) is 25.4 Å². The molecule has 4 rings (SSSR count). The van der Waals surface area contributed by atoms with E-state index < -0.39 is 17.5 Å². The Hall–Kier alpha value is -3.66. The van der Waals surface area contributed by atoms with E-state index in [0.717, 1.165) is 29.8 Å².